The first-order chi connectivity index (χ1) is 15.4. The highest BCUT2D eigenvalue weighted by atomic mass is 32.1. The molecule has 3 atom stereocenters. The average Bonchev–Trinajstić information content (AvgIpc) is 3.26. The molecule has 0 aromatic heterocycles. The standard InChI is InChI=1S/C23H22FN3O3.CH4S/c1-3-13-26(16-7-5-4-6-8-16)21(29)19-18-20(28)27(17-11-9-15(2)10-12-17)22(30)23(18,24)14-25-19;1-2/h3-12,18-19,25H,1,13-14H2,2H3;2H,1H3/t18-,19-,23+;/m1./s1. The van der Waals surface area contributed by atoms with Gasteiger partial charge in [-0.2, -0.15) is 12.6 Å². The van der Waals surface area contributed by atoms with E-state index in [1.54, 1.807) is 60.9 Å². The topological polar surface area (TPSA) is 69.7 Å². The Morgan fingerprint density at radius 1 is 1.22 bits per heavy atom. The van der Waals surface area contributed by atoms with E-state index in [1.807, 2.05) is 13.0 Å². The van der Waals surface area contributed by atoms with Crippen molar-refractivity contribution in [2.24, 2.45) is 5.92 Å². The lowest BCUT2D eigenvalue weighted by Crippen LogP contribution is -2.49. The predicted octanol–water partition coefficient (Wildman–Crippen LogP) is 2.93. The minimum absolute atomic E-state index is 0.191. The van der Waals surface area contributed by atoms with Gasteiger partial charge in [0.25, 0.3) is 5.91 Å². The number of aryl methyl sites for hydroxylation is 1. The summed E-state index contributed by atoms with van der Waals surface area (Å²) in [5, 5.41) is 2.78. The Kier molecular flexibility index (Phi) is 7.16. The van der Waals surface area contributed by atoms with Gasteiger partial charge in [-0.05, 0) is 37.4 Å². The maximum Gasteiger partial charge on any atom is 0.273 e. The second-order valence-corrected chi connectivity index (χ2v) is 7.59. The Bertz CT molecular complexity index is 1010. The van der Waals surface area contributed by atoms with Crippen LogP contribution in [-0.4, -0.2) is 48.8 Å². The minimum atomic E-state index is -2.46. The Labute approximate surface area is 192 Å². The molecule has 168 valence electrons. The number of rotatable bonds is 5. The molecule has 3 amide bonds. The predicted molar refractivity (Wildman–Crippen MR) is 127 cm³/mol. The first kappa shape index (κ1) is 23.7. The third-order valence-corrected chi connectivity index (χ3v) is 5.65. The van der Waals surface area contributed by atoms with Crippen LogP contribution >= 0.6 is 12.6 Å². The maximum absolute atomic E-state index is 15.8. The average molecular weight is 456 g/mol. The van der Waals surface area contributed by atoms with Gasteiger partial charge in [0.1, 0.15) is 12.0 Å². The molecule has 0 spiro atoms. The van der Waals surface area contributed by atoms with Crippen LogP contribution in [0.25, 0.3) is 0 Å². The molecule has 0 saturated carbocycles. The van der Waals surface area contributed by atoms with E-state index in [9.17, 15) is 14.4 Å². The van der Waals surface area contributed by atoms with E-state index < -0.39 is 41.9 Å². The Morgan fingerprint density at radius 3 is 2.44 bits per heavy atom. The van der Waals surface area contributed by atoms with Crippen molar-refractivity contribution in [1.29, 1.82) is 0 Å². The van der Waals surface area contributed by atoms with Crippen molar-refractivity contribution in [2.75, 3.05) is 29.1 Å². The first-order valence-electron chi connectivity index (χ1n) is 10.2. The second-order valence-electron chi connectivity index (χ2n) is 7.59. The van der Waals surface area contributed by atoms with Crippen molar-refractivity contribution in [1.82, 2.24) is 5.32 Å². The number of para-hydroxylation sites is 1. The van der Waals surface area contributed by atoms with Gasteiger partial charge in [-0.15, -0.1) is 6.58 Å². The number of carbonyl (C=O) groups excluding carboxylic acids is 3. The number of nitrogens with one attached hydrogen (secondary N) is 1. The molecule has 2 aromatic carbocycles. The monoisotopic (exact) mass is 455 g/mol. The molecular weight excluding hydrogens is 429 g/mol. The normalized spacial score (nSPS) is 23.9. The summed E-state index contributed by atoms with van der Waals surface area (Å²) in [4.78, 5) is 41.7. The largest absolute Gasteiger partial charge is 0.307 e. The zero-order valence-corrected chi connectivity index (χ0v) is 18.9. The van der Waals surface area contributed by atoms with Gasteiger partial charge in [0.15, 0.2) is 0 Å². The summed E-state index contributed by atoms with van der Waals surface area (Å²) in [7, 11) is 0. The maximum atomic E-state index is 15.8. The van der Waals surface area contributed by atoms with Crippen LogP contribution in [0.3, 0.4) is 0 Å². The van der Waals surface area contributed by atoms with Crippen molar-refractivity contribution in [2.45, 2.75) is 18.6 Å². The summed E-state index contributed by atoms with van der Waals surface area (Å²) in [6.07, 6.45) is 3.25. The van der Waals surface area contributed by atoms with E-state index in [1.165, 1.54) is 4.90 Å². The third-order valence-electron chi connectivity index (χ3n) is 5.65. The number of hydrogen-bond donors (Lipinski definition) is 2. The summed E-state index contributed by atoms with van der Waals surface area (Å²) < 4.78 is 15.8. The summed E-state index contributed by atoms with van der Waals surface area (Å²) in [6, 6.07) is 14.4. The Morgan fingerprint density at radius 2 is 1.84 bits per heavy atom. The fourth-order valence-corrected chi connectivity index (χ4v) is 4.12. The zero-order chi connectivity index (χ0) is 23.5. The molecule has 8 heteroatoms. The number of carbonyl (C=O) groups is 3. The van der Waals surface area contributed by atoms with E-state index in [4.69, 9.17) is 0 Å². The van der Waals surface area contributed by atoms with Crippen LogP contribution in [0.1, 0.15) is 5.56 Å². The molecular formula is C24H26FN3O3S. The lowest BCUT2D eigenvalue weighted by Gasteiger charge is -2.27. The molecule has 4 rings (SSSR count). The summed E-state index contributed by atoms with van der Waals surface area (Å²) in [6.45, 7) is 5.36. The molecule has 2 fully saturated rings. The minimum Gasteiger partial charge on any atom is -0.307 e. The lowest BCUT2D eigenvalue weighted by atomic mass is 9.89. The Balaban J connectivity index is 0.00000141. The zero-order valence-electron chi connectivity index (χ0n) is 18.0. The number of anilines is 2. The lowest BCUT2D eigenvalue weighted by molar-refractivity contribution is -0.129. The molecule has 1 N–H and O–H groups in total. The fourth-order valence-electron chi connectivity index (χ4n) is 4.12. The summed E-state index contributed by atoms with van der Waals surface area (Å²) >= 11 is 3.53. The SMILES string of the molecule is C=CCN(C(=O)[C@@H]1NC[C@@]2(F)C(=O)N(c3ccc(C)cc3)C(=O)[C@@H]12)c1ccccc1.CS. The van der Waals surface area contributed by atoms with E-state index in [0.717, 1.165) is 10.5 Å². The number of thiol groups is 1. The molecule has 6 nitrogen and oxygen atoms in total. The van der Waals surface area contributed by atoms with Gasteiger partial charge in [0.2, 0.25) is 17.5 Å². The van der Waals surface area contributed by atoms with Crippen molar-refractivity contribution < 1.29 is 18.8 Å². The molecule has 0 bridgehead atoms. The highest BCUT2D eigenvalue weighted by Crippen LogP contribution is 2.42. The van der Waals surface area contributed by atoms with E-state index >= 15 is 4.39 Å². The molecule has 2 aliphatic heterocycles. The summed E-state index contributed by atoms with van der Waals surface area (Å²) in [5.41, 5.74) is -0.601. The Hall–Kier alpha value is -2.97. The molecule has 0 unspecified atom stereocenters. The molecule has 2 heterocycles. The molecule has 0 radical (unpaired) electrons. The number of nitrogens with zero attached hydrogens (tertiary/aromatic N) is 2. The number of benzene rings is 2. The van der Waals surface area contributed by atoms with Gasteiger partial charge in [-0.25, -0.2) is 9.29 Å². The molecule has 2 saturated heterocycles. The number of hydrogen-bond acceptors (Lipinski definition) is 5. The van der Waals surface area contributed by atoms with E-state index in [-0.39, 0.29) is 6.54 Å². The smallest absolute Gasteiger partial charge is 0.273 e. The third kappa shape index (κ3) is 3.96. The quantitative estimate of drug-likeness (QED) is 0.413. The van der Waals surface area contributed by atoms with Crippen LogP contribution in [-0.2, 0) is 14.4 Å². The number of fused-ring (bicyclic) bond motifs is 1. The van der Waals surface area contributed by atoms with Crippen molar-refractivity contribution >= 4 is 41.7 Å². The number of imide groups is 1. The number of alkyl halides is 1. The van der Waals surface area contributed by atoms with Gasteiger partial charge < -0.3 is 10.2 Å². The van der Waals surface area contributed by atoms with Crippen LogP contribution in [0.4, 0.5) is 15.8 Å². The van der Waals surface area contributed by atoms with Crippen molar-refractivity contribution in [3.63, 3.8) is 0 Å². The van der Waals surface area contributed by atoms with Crippen molar-refractivity contribution in [3.8, 4) is 0 Å². The molecule has 32 heavy (non-hydrogen) atoms. The van der Waals surface area contributed by atoms with Gasteiger partial charge >= 0.3 is 0 Å². The van der Waals surface area contributed by atoms with Gasteiger partial charge in [0, 0.05) is 18.8 Å². The van der Waals surface area contributed by atoms with Crippen LogP contribution in [0, 0.1) is 12.8 Å². The highest BCUT2D eigenvalue weighted by Gasteiger charge is 2.68. The first-order valence-corrected chi connectivity index (χ1v) is 11.1. The highest BCUT2D eigenvalue weighted by molar-refractivity contribution is 7.79. The van der Waals surface area contributed by atoms with E-state index in [0.29, 0.717) is 11.4 Å². The molecule has 2 aromatic rings. The van der Waals surface area contributed by atoms with Crippen LogP contribution in [0.2, 0.25) is 0 Å². The second kappa shape index (κ2) is 9.67. The van der Waals surface area contributed by atoms with Gasteiger partial charge in [-0.1, -0.05) is 42.0 Å². The number of halogens is 1. The molecule has 2 aliphatic rings. The van der Waals surface area contributed by atoms with E-state index in [2.05, 4.69) is 24.5 Å². The summed E-state index contributed by atoms with van der Waals surface area (Å²) in [5.74, 6) is -3.53. The molecule has 0 aliphatic carbocycles. The number of amides is 3. The van der Waals surface area contributed by atoms with Crippen LogP contribution in [0.15, 0.2) is 67.3 Å². The fraction of sp³-hybridized carbons (Fsp3) is 0.292. The van der Waals surface area contributed by atoms with Crippen LogP contribution < -0.4 is 15.1 Å². The van der Waals surface area contributed by atoms with Crippen LogP contribution in [0.5, 0.6) is 0 Å². The van der Waals surface area contributed by atoms with Gasteiger partial charge in [0.05, 0.1) is 5.69 Å². The van der Waals surface area contributed by atoms with Gasteiger partial charge in [-0.3, -0.25) is 14.4 Å². The van der Waals surface area contributed by atoms with Crippen molar-refractivity contribution in [3.05, 3.63) is 72.8 Å².